The van der Waals surface area contributed by atoms with Crippen LogP contribution in [0.2, 0.25) is 0 Å². The van der Waals surface area contributed by atoms with Crippen LogP contribution in [0.4, 0.5) is 8.78 Å². The number of rotatable bonds is 2. The maximum absolute atomic E-state index is 11.8. The highest BCUT2D eigenvalue weighted by atomic mass is 19.3. The Labute approximate surface area is 89.4 Å². The second-order valence-electron chi connectivity index (χ2n) is 3.10. The molecular formula is C10H19F2NO2. The number of piperidine rings is 1. The molecule has 0 saturated carbocycles. The van der Waals surface area contributed by atoms with Crippen molar-refractivity contribution in [3.05, 3.63) is 0 Å². The van der Waals surface area contributed by atoms with E-state index in [1.165, 1.54) is 6.92 Å². The molecule has 0 bridgehead atoms. The van der Waals surface area contributed by atoms with E-state index in [9.17, 15) is 13.6 Å². The molecule has 0 aromatic rings. The second-order valence-corrected chi connectivity index (χ2v) is 3.10. The molecule has 5 heteroatoms. The third-order valence-electron chi connectivity index (χ3n) is 2.18. The summed E-state index contributed by atoms with van der Waals surface area (Å²) in [5.74, 6) is -0.00417. The molecule has 0 aliphatic carbocycles. The summed E-state index contributed by atoms with van der Waals surface area (Å²) in [7, 11) is 0. The van der Waals surface area contributed by atoms with Gasteiger partial charge in [0.25, 0.3) is 0 Å². The number of ether oxygens (including phenoxy) is 1. The van der Waals surface area contributed by atoms with Gasteiger partial charge < -0.3 is 9.64 Å². The van der Waals surface area contributed by atoms with E-state index in [4.69, 9.17) is 0 Å². The Morgan fingerprint density at radius 1 is 1.33 bits per heavy atom. The highest BCUT2D eigenvalue weighted by Crippen LogP contribution is 2.16. The predicted octanol–water partition coefficient (Wildman–Crippen LogP) is 2.26. The van der Waals surface area contributed by atoms with Crippen molar-refractivity contribution in [2.75, 3.05) is 13.1 Å². The molecule has 0 spiro atoms. The first-order valence-corrected chi connectivity index (χ1v) is 5.28. The molecule has 0 aromatic heterocycles. The smallest absolute Gasteiger partial charge is 0.343 e. The number of likely N-dealkylation sites (tertiary alicyclic amines) is 1. The van der Waals surface area contributed by atoms with E-state index >= 15 is 0 Å². The van der Waals surface area contributed by atoms with Crippen LogP contribution in [0.5, 0.6) is 0 Å². The zero-order valence-corrected chi connectivity index (χ0v) is 9.50. The lowest BCUT2D eigenvalue weighted by Crippen LogP contribution is -2.40. The normalized spacial score (nSPS) is 17.3. The summed E-state index contributed by atoms with van der Waals surface area (Å²) >= 11 is 0. The SMILES string of the molecule is CC.CC(=O)N1CCC(OC(F)F)CC1. The summed E-state index contributed by atoms with van der Waals surface area (Å²) < 4.78 is 27.9. The fourth-order valence-electron chi connectivity index (χ4n) is 1.45. The van der Waals surface area contributed by atoms with Crippen molar-refractivity contribution < 1.29 is 18.3 Å². The molecular weight excluding hydrogens is 204 g/mol. The summed E-state index contributed by atoms with van der Waals surface area (Å²) in [5.41, 5.74) is 0. The number of carbonyl (C=O) groups excluding carboxylic acids is 1. The molecule has 1 aliphatic rings. The van der Waals surface area contributed by atoms with E-state index in [2.05, 4.69) is 4.74 Å². The van der Waals surface area contributed by atoms with Crippen LogP contribution >= 0.6 is 0 Å². The minimum absolute atomic E-state index is 0.00417. The fraction of sp³-hybridized carbons (Fsp3) is 0.900. The van der Waals surface area contributed by atoms with Gasteiger partial charge in [-0.1, -0.05) is 13.8 Å². The van der Waals surface area contributed by atoms with E-state index in [-0.39, 0.29) is 5.91 Å². The van der Waals surface area contributed by atoms with Crippen LogP contribution in [-0.4, -0.2) is 36.6 Å². The van der Waals surface area contributed by atoms with E-state index in [0.29, 0.717) is 25.9 Å². The van der Waals surface area contributed by atoms with Crippen LogP contribution < -0.4 is 0 Å². The molecule has 1 aliphatic heterocycles. The molecule has 0 radical (unpaired) electrons. The van der Waals surface area contributed by atoms with Gasteiger partial charge in [0.1, 0.15) is 0 Å². The number of hydrogen-bond donors (Lipinski definition) is 0. The van der Waals surface area contributed by atoms with Gasteiger partial charge in [-0.2, -0.15) is 8.78 Å². The van der Waals surface area contributed by atoms with Crippen LogP contribution in [0, 0.1) is 0 Å². The first-order chi connectivity index (χ1) is 7.09. The second kappa shape index (κ2) is 7.56. The Morgan fingerprint density at radius 3 is 2.13 bits per heavy atom. The highest BCUT2D eigenvalue weighted by Gasteiger charge is 2.23. The van der Waals surface area contributed by atoms with E-state index in [1.807, 2.05) is 13.8 Å². The van der Waals surface area contributed by atoms with Gasteiger partial charge in [-0.3, -0.25) is 4.79 Å². The first-order valence-electron chi connectivity index (χ1n) is 5.28. The molecule has 1 fully saturated rings. The van der Waals surface area contributed by atoms with Crippen LogP contribution in [0.3, 0.4) is 0 Å². The number of carbonyl (C=O) groups is 1. The fourth-order valence-corrected chi connectivity index (χ4v) is 1.45. The lowest BCUT2D eigenvalue weighted by atomic mass is 10.1. The predicted molar refractivity (Wildman–Crippen MR) is 53.7 cm³/mol. The van der Waals surface area contributed by atoms with Crippen molar-refractivity contribution >= 4 is 5.91 Å². The summed E-state index contributed by atoms with van der Waals surface area (Å²) in [6, 6.07) is 0. The molecule has 1 heterocycles. The lowest BCUT2D eigenvalue weighted by Gasteiger charge is -2.30. The van der Waals surface area contributed by atoms with E-state index in [0.717, 1.165) is 0 Å². The maximum atomic E-state index is 11.8. The molecule has 90 valence electrons. The van der Waals surface area contributed by atoms with Gasteiger partial charge in [-0.05, 0) is 12.8 Å². The van der Waals surface area contributed by atoms with Crippen LogP contribution in [-0.2, 0) is 9.53 Å². The van der Waals surface area contributed by atoms with Crippen molar-refractivity contribution in [2.45, 2.75) is 46.3 Å². The van der Waals surface area contributed by atoms with E-state index in [1.54, 1.807) is 4.90 Å². The quantitative estimate of drug-likeness (QED) is 0.718. The van der Waals surface area contributed by atoms with Gasteiger partial charge in [0.15, 0.2) is 0 Å². The van der Waals surface area contributed by atoms with Gasteiger partial charge in [0, 0.05) is 20.0 Å². The molecule has 0 aromatic carbocycles. The maximum Gasteiger partial charge on any atom is 0.345 e. The Morgan fingerprint density at radius 2 is 1.80 bits per heavy atom. The average Bonchev–Trinajstić information content (AvgIpc) is 2.20. The molecule has 1 saturated heterocycles. The number of alkyl halides is 2. The van der Waals surface area contributed by atoms with Gasteiger partial charge in [-0.25, -0.2) is 0 Å². The third-order valence-corrected chi connectivity index (χ3v) is 2.18. The van der Waals surface area contributed by atoms with Crippen molar-refractivity contribution in [2.24, 2.45) is 0 Å². The molecule has 15 heavy (non-hydrogen) atoms. The Bertz CT molecular complexity index is 180. The molecule has 3 nitrogen and oxygen atoms in total. The number of nitrogens with zero attached hydrogens (tertiary/aromatic N) is 1. The van der Waals surface area contributed by atoms with Crippen molar-refractivity contribution in [1.29, 1.82) is 0 Å². The Kier molecular flexibility index (Phi) is 7.21. The lowest BCUT2D eigenvalue weighted by molar-refractivity contribution is -0.173. The molecule has 0 N–H and O–H groups in total. The highest BCUT2D eigenvalue weighted by molar-refractivity contribution is 5.73. The van der Waals surface area contributed by atoms with Crippen molar-refractivity contribution in [1.82, 2.24) is 4.90 Å². The molecule has 0 unspecified atom stereocenters. The summed E-state index contributed by atoms with van der Waals surface area (Å²) in [5, 5.41) is 0. The van der Waals surface area contributed by atoms with Crippen molar-refractivity contribution in [3.8, 4) is 0 Å². The standard InChI is InChI=1S/C8H13F2NO2.C2H6/c1-6(12)11-4-2-7(3-5-11)13-8(9)10;1-2/h7-8H,2-5H2,1H3;1-2H3. The molecule has 0 atom stereocenters. The summed E-state index contributed by atoms with van der Waals surface area (Å²) in [6.45, 7) is 3.82. The van der Waals surface area contributed by atoms with E-state index < -0.39 is 12.7 Å². The van der Waals surface area contributed by atoms with Crippen molar-refractivity contribution in [3.63, 3.8) is 0 Å². The van der Waals surface area contributed by atoms with Gasteiger partial charge in [0.2, 0.25) is 5.91 Å². The Balaban J connectivity index is 0.000000921. The van der Waals surface area contributed by atoms with Gasteiger partial charge in [-0.15, -0.1) is 0 Å². The minimum Gasteiger partial charge on any atom is -0.343 e. The summed E-state index contributed by atoms with van der Waals surface area (Å²) in [6.07, 6.45) is 0.615. The number of halogens is 2. The van der Waals surface area contributed by atoms with Gasteiger partial charge >= 0.3 is 6.61 Å². The topological polar surface area (TPSA) is 29.5 Å². The number of amides is 1. The zero-order valence-electron chi connectivity index (χ0n) is 9.50. The van der Waals surface area contributed by atoms with Crippen LogP contribution in [0.1, 0.15) is 33.6 Å². The summed E-state index contributed by atoms with van der Waals surface area (Å²) in [4.78, 5) is 12.5. The van der Waals surface area contributed by atoms with Crippen LogP contribution in [0.25, 0.3) is 0 Å². The number of hydrogen-bond acceptors (Lipinski definition) is 2. The monoisotopic (exact) mass is 223 g/mol. The first kappa shape index (κ1) is 14.3. The van der Waals surface area contributed by atoms with Crippen LogP contribution in [0.15, 0.2) is 0 Å². The van der Waals surface area contributed by atoms with Gasteiger partial charge in [0.05, 0.1) is 6.10 Å². The largest absolute Gasteiger partial charge is 0.345 e. The third kappa shape index (κ3) is 5.67. The average molecular weight is 223 g/mol. The minimum atomic E-state index is -2.70. The Hall–Kier alpha value is -0.710. The zero-order chi connectivity index (χ0) is 11.8. The molecule has 1 rings (SSSR count). The molecule has 1 amide bonds.